The van der Waals surface area contributed by atoms with Gasteiger partial charge < -0.3 is 5.32 Å². The molecule has 2 aromatic carbocycles. The summed E-state index contributed by atoms with van der Waals surface area (Å²) in [6.45, 7) is 6.53. The molecule has 1 aliphatic carbocycles. The number of hydrogen-bond acceptors (Lipinski definition) is 1. The summed E-state index contributed by atoms with van der Waals surface area (Å²) in [4.78, 5) is 0. The maximum absolute atomic E-state index is 6.02. The molecule has 1 N–H and O–H groups in total. The fourth-order valence-corrected chi connectivity index (χ4v) is 3.26. The highest BCUT2D eigenvalue weighted by Gasteiger charge is 2.32. The molecule has 1 unspecified atom stereocenters. The second-order valence-corrected chi connectivity index (χ2v) is 6.72. The summed E-state index contributed by atoms with van der Waals surface area (Å²) in [5.74, 6) is 0.742. The lowest BCUT2D eigenvalue weighted by atomic mass is 9.99. The van der Waals surface area contributed by atoms with Crippen LogP contribution in [0.15, 0.2) is 36.4 Å². The van der Waals surface area contributed by atoms with Gasteiger partial charge in [0.05, 0.1) is 6.04 Å². The summed E-state index contributed by atoms with van der Waals surface area (Å²) >= 11 is 6.02. The molecule has 0 amide bonds. The molecule has 0 spiro atoms. The summed E-state index contributed by atoms with van der Waals surface area (Å²) in [6, 6.07) is 13.2. The topological polar surface area (TPSA) is 12.0 Å². The Bertz CT molecular complexity index is 618. The van der Waals surface area contributed by atoms with Gasteiger partial charge in [0.15, 0.2) is 0 Å². The summed E-state index contributed by atoms with van der Waals surface area (Å²) in [5.41, 5.74) is 6.60. The van der Waals surface area contributed by atoms with E-state index in [0.717, 1.165) is 10.9 Å². The predicted molar refractivity (Wildman–Crippen MR) is 91.2 cm³/mol. The van der Waals surface area contributed by atoms with Gasteiger partial charge in [-0.25, -0.2) is 0 Å². The van der Waals surface area contributed by atoms with Crippen molar-refractivity contribution in [2.24, 2.45) is 5.92 Å². The van der Waals surface area contributed by atoms with Gasteiger partial charge in [-0.05, 0) is 68.4 Å². The van der Waals surface area contributed by atoms with Gasteiger partial charge in [0.25, 0.3) is 0 Å². The van der Waals surface area contributed by atoms with Crippen molar-refractivity contribution in [2.45, 2.75) is 39.7 Å². The van der Waals surface area contributed by atoms with Crippen molar-refractivity contribution in [3.8, 4) is 0 Å². The summed E-state index contributed by atoms with van der Waals surface area (Å²) in [6.07, 6.45) is 2.62. The first-order valence-electron chi connectivity index (χ1n) is 7.64. The van der Waals surface area contributed by atoms with E-state index in [1.807, 2.05) is 12.1 Å². The molecule has 3 rings (SSSR count). The minimum atomic E-state index is 0.391. The molecule has 1 saturated carbocycles. The van der Waals surface area contributed by atoms with E-state index < -0.39 is 0 Å². The van der Waals surface area contributed by atoms with Gasteiger partial charge in [-0.15, -0.1) is 0 Å². The first-order chi connectivity index (χ1) is 10.0. The van der Waals surface area contributed by atoms with Crippen LogP contribution in [-0.2, 0) is 0 Å². The van der Waals surface area contributed by atoms with E-state index in [1.165, 1.54) is 40.8 Å². The Hall–Kier alpha value is -1.47. The van der Waals surface area contributed by atoms with Crippen LogP contribution in [0.5, 0.6) is 0 Å². The molecule has 0 saturated heterocycles. The average Bonchev–Trinajstić information content (AvgIpc) is 3.24. The lowest BCUT2D eigenvalue weighted by molar-refractivity contribution is 0.677. The highest BCUT2D eigenvalue weighted by atomic mass is 35.5. The Morgan fingerprint density at radius 3 is 2.10 bits per heavy atom. The molecule has 2 aromatic rings. The van der Waals surface area contributed by atoms with Crippen molar-refractivity contribution in [1.82, 2.24) is 0 Å². The molecule has 0 aliphatic heterocycles. The van der Waals surface area contributed by atoms with Crippen LogP contribution in [-0.4, -0.2) is 0 Å². The fraction of sp³-hybridized carbons (Fsp3) is 0.368. The lowest BCUT2D eigenvalue weighted by Crippen LogP contribution is -2.14. The Labute approximate surface area is 132 Å². The van der Waals surface area contributed by atoms with Crippen LogP contribution in [0.25, 0.3) is 0 Å². The molecule has 2 heteroatoms. The Kier molecular flexibility index (Phi) is 3.95. The average molecular weight is 300 g/mol. The second-order valence-electron chi connectivity index (χ2n) is 6.28. The highest BCUT2D eigenvalue weighted by Crippen LogP contribution is 2.43. The van der Waals surface area contributed by atoms with Gasteiger partial charge in [-0.1, -0.05) is 41.4 Å². The first-order valence-corrected chi connectivity index (χ1v) is 8.02. The summed E-state index contributed by atoms with van der Waals surface area (Å²) in [5, 5.41) is 4.60. The van der Waals surface area contributed by atoms with Crippen molar-refractivity contribution in [1.29, 1.82) is 0 Å². The zero-order valence-corrected chi connectivity index (χ0v) is 13.7. The number of rotatable bonds is 4. The van der Waals surface area contributed by atoms with E-state index in [4.69, 9.17) is 11.6 Å². The van der Waals surface area contributed by atoms with Crippen LogP contribution < -0.4 is 5.32 Å². The molecular formula is C19H22ClN. The molecule has 0 radical (unpaired) electrons. The maximum Gasteiger partial charge on any atom is 0.0542 e. The van der Waals surface area contributed by atoms with Crippen molar-refractivity contribution in [2.75, 3.05) is 5.32 Å². The third-order valence-corrected chi connectivity index (χ3v) is 4.55. The summed E-state index contributed by atoms with van der Waals surface area (Å²) < 4.78 is 0. The lowest BCUT2D eigenvalue weighted by Gasteiger charge is -2.23. The van der Waals surface area contributed by atoms with Crippen LogP contribution in [0.4, 0.5) is 5.69 Å². The number of benzene rings is 2. The molecule has 0 heterocycles. The highest BCUT2D eigenvalue weighted by molar-refractivity contribution is 6.30. The molecule has 21 heavy (non-hydrogen) atoms. The predicted octanol–water partition coefficient (Wildman–Crippen LogP) is 5.83. The van der Waals surface area contributed by atoms with E-state index in [2.05, 4.69) is 50.4 Å². The number of anilines is 1. The van der Waals surface area contributed by atoms with Crippen molar-refractivity contribution < 1.29 is 0 Å². The second kappa shape index (κ2) is 5.73. The Morgan fingerprint density at radius 1 is 1.00 bits per heavy atom. The van der Waals surface area contributed by atoms with Gasteiger partial charge in [0, 0.05) is 10.7 Å². The molecule has 0 bridgehead atoms. The number of halogens is 1. The van der Waals surface area contributed by atoms with Crippen LogP contribution in [0.2, 0.25) is 5.02 Å². The van der Waals surface area contributed by atoms with E-state index >= 15 is 0 Å². The van der Waals surface area contributed by atoms with Gasteiger partial charge >= 0.3 is 0 Å². The van der Waals surface area contributed by atoms with Crippen molar-refractivity contribution in [3.63, 3.8) is 0 Å². The van der Waals surface area contributed by atoms with Gasteiger partial charge in [0.1, 0.15) is 0 Å². The Balaban J connectivity index is 1.91. The smallest absolute Gasteiger partial charge is 0.0542 e. The number of aryl methyl sites for hydroxylation is 3. The Morgan fingerprint density at radius 2 is 1.57 bits per heavy atom. The monoisotopic (exact) mass is 299 g/mol. The van der Waals surface area contributed by atoms with Crippen LogP contribution in [0.3, 0.4) is 0 Å². The molecule has 110 valence electrons. The van der Waals surface area contributed by atoms with Gasteiger partial charge in [-0.2, -0.15) is 0 Å². The third kappa shape index (κ3) is 3.24. The van der Waals surface area contributed by atoms with E-state index in [9.17, 15) is 0 Å². The normalized spacial score (nSPS) is 15.8. The maximum atomic E-state index is 6.02. The molecule has 0 aromatic heterocycles. The molecule has 1 aliphatic rings. The standard InChI is InChI=1S/C19H22ClN/c1-12-10-13(2)18(14(3)11-12)21-19(15-4-5-15)16-6-8-17(20)9-7-16/h6-11,15,19,21H,4-5H2,1-3H3. The SMILES string of the molecule is Cc1cc(C)c(NC(c2ccc(Cl)cc2)C2CC2)c(C)c1. The van der Waals surface area contributed by atoms with E-state index in [0.29, 0.717) is 6.04 Å². The minimum absolute atomic E-state index is 0.391. The van der Waals surface area contributed by atoms with Crippen LogP contribution in [0, 0.1) is 26.7 Å². The van der Waals surface area contributed by atoms with Gasteiger partial charge in [-0.3, -0.25) is 0 Å². The largest absolute Gasteiger partial charge is 0.378 e. The zero-order chi connectivity index (χ0) is 15.0. The van der Waals surface area contributed by atoms with Crippen molar-refractivity contribution >= 4 is 17.3 Å². The molecule has 1 fully saturated rings. The third-order valence-electron chi connectivity index (χ3n) is 4.30. The number of nitrogens with one attached hydrogen (secondary N) is 1. The zero-order valence-electron chi connectivity index (χ0n) is 12.9. The van der Waals surface area contributed by atoms with Crippen LogP contribution >= 0.6 is 11.6 Å². The van der Waals surface area contributed by atoms with E-state index in [-0.39, 0.29) is 0 Å². The fourth-order valence-electron chi connectivity index (χ4n) is 3.14. The first kappa shape index (κ1) is 14.5. The van der Waals surface area contributed by atoms with Crippen LogP contribution in [0.1, 0.15) is 41.1 Å². The molecule has 1 nitrogen and oxygen atoms in total. The van der Waals surface area contributed by atoms with Crippen molar-refractivity contribution in [3.05, 3.63) is 63.7 Å². The van der Waals surface area contributed by atoms with Gasteiger partial charge in [0.2, 0.25) is 0 Å². The molecular weight excluding hydrogens is 278 g/mol. The quantitative estimate of drug-likeness (QED) is 0.749. The minimum Gasteiger partial charge on any atom is -0.378 e. The van der Waals surface area contributed by atoms with E-state index in [1.54, 1.807) is 0 Å². The number of hydrogen-bond donors (Lipinski definition) is 1. The summed E-state index contributed by atoms with van der Waals surface area (Å²) in [7, 11) is 0. The molecule has 1 atom stereocenters.